The fraction of sp³-hybridized carbons (Fsp3) is 0.227. The molecule has 1 aliphatic rings. The molecule has 2 aromatic carbocycles. The van der Waals surface area contributed by atoms with Crippen LogP contribution >= 0.6 is 11.3 Å². The molecule has 1 aromatic heterocycles. The van der Waals surface area contributed by atoms with Crippen LogP contribution in [0.25, 0.3) is 0 Å². The van der Waals surface area contributed by atoms with Crippen molar-refractivity contribution in [3.8, 4) is 0 Å². The molecule has 0 spiro atoms. The highest BCUT2D eigenvalue weighted by atomic mass is 32.1. The highest BCUT2D eigenvalue weighted by Gasteiger charge is 2.31. The van der Waals surface area contributed by atoms with Crippen LogP contribution in [-0.4, -0.2) is 23.0 Å². The van der Waals surface area contributed by atoms with Crippen molar-refractivity contribution in [3.63, 3.8) is 0 Å². The molecule has 5 nitrogen and oxygen atoms in total. The topological polar surface area (TPSA) is 68.3 Å². The van der Waals surface area contributed by atoms with Crippen LogP contribution in [0.1, 0.15) is 38.8 Å². The normalized spacial score (nSPS) is 15.6. The number of aryl methyl sites for hydroxylation is 1. The standard InChI is InChI=1S/C22H20N2O3S/c1-2-14-7-9-15(10-8-14)11-17-13-23-22(28-17)24-20(25)19-12-16-5-3-4-6-18(16)21(26)27-19/h3-10,13,19H,2,11-12H2,1H3,(H,23,24,25). The Labute approximate surface area is 167 Å². The second-order valence-corrected chi connectivity index (χ2v) is 7.84. The second kappa shape index (κ2) is 7.94. The lowest BCUT2D eigenvalue weighted by Crippen LogP contribution is -2.37. The van der Waals surface area contributed by atoms with Gasteiger partial charge in [-0.15, -0.1) is 11.3 Å². The van der Waals surface area contributed by atoms with E-state index in [9.17, 15) is 9.59 Å². The van der Waals surface area contributed by atoms with E-state index >= 15 is 0 Å². The number of nitrogens with zero attached hydrogens (tertiary/aromatic N) is 1. The van der Waals surface area contributed by atoms with Crippen molar-refractivity contribution >= 4 is 28.3 Å². The number of aromatic nitrogens is 1. The summed E-state index contributed by atoms with van der Waals surface area (Å²) in [5.74, 6) is -0.812. The summed E-state index contributed by atoms with van der Waals surface area (Å²) in [4.78, 5) is 30.0. The highest BCUT2D eigenvalue weighted by molar-refractivity contribution is 7.15. The number of hydrogen-bond donors (Lipinski definition) is 1. The summed E-state index contributed by atoms with van der Waals surface area (Å²) in [6, 6.07) is 15.7. The van der Waals surface area contributed by atoms with E-state index in [-0.39, 0.29) is 5.91 Å². The second-order valence-electron chi connectivity index (χ2n) is 6.72. The van der Waals surface area contributed by atoms with E-state index < -0.39 is 12.1 Å². The van der Waals surface area contributed by atoms with Crippen LogP contribution in [0.15, 0.2) is 54.7 Å². The zero-order valence-electron chi connectivity index (χ0n) is 15.5. The van der Waals surface area contributed by atoms with Gasteiger partial charge in [-0.2, -0.15) is 0 Å². The lowest BCUT2D eigenvalue weighted by Gasteiger charge is -2.23. The van der Waals surface area contributed by atoms with Gasteiger partial charge >= 0.3 is 5.97 Å². The monoisotopic (exact) mass is 392 g/mol. The number of carbonyl (C=O) groups is 2. The van der Waals surface area contributed by atoms with Gasteiger partial charge < -0.3 is 4.74 Å². The predicted molar refractivity (Wildman–Crippen MR) is 109 cm³/mol. The smallest absolute Gasteiger partial charge is 0.339 e. The van der Waals surface area contributed by atoms with Crippen molar-refractivity contribution in [2.24, 2.45) is 0 Å². The van der Waals surface area contributed by atoms with Crippen LogP contribution in [-0.2, 0) is 28.8 Å². The summed E-state index contributed by atoms with van der Waals surface area (Å²) >= 11 is 1.43. The quantitative estimate of drug-likeness (QED) is 0.666. The maximum absolute atomic E-state index is 12.5. The Hall–Kier alpha value is -2.99. The number of rotatable bonds is 5. The van der Waals surface area contributed by atoms with Crippen molar-refractivity contribution in [3.05, 3.63) is 81.9 Å². The number of hydrogen-bond acceptors (Lipinski definition) is 5. The Morgan fingerprint density at radius 2 is 1.93 bits per heavy atom. The number of fused-ring (bicyclic) bond motifs is 1. The van der Waals surface area contributed by atoms with E-state index in [1.807, 2.05) is 12.1 Å². The van der Waals surface area contributed by atoms with Crippen molar-refractivity contribution in [1.29, 1.82) is 0 Å². The maximum atomic E-state index is 12.5. The van der Waals surface area contributed by atoms with Crippen LogP contribution in [0.5, 0.6) is 0 Å². The van der Waals surface area contributed by atoms with Gasteiger partial charge in [-0.25, -0.2) is 9.78 Å². The number of esters is 1. The van der Waals surface area contributed by atoms with E-state index in [1.165, 1.54) is 22.5 Å². The summed E-state index contributed by atoms with van der Waals surface area (Å²) in [7, 11) is 0. The summed E-state index contributed by atoms with van der Waals surface area (Å²) in [6.45, 7) is 2.13. The first-order valence-electron chi connectivity index (χ1n) is 9.24. The average molecular weight is 392 g/mol. The Morgan fingerprint density at radius 3 is 2.71 bits per heavy atom. The van der Waals surface area contributed by atoms with E-state index in [1.54, 1.807) is 18.3 Å². The molecule has 4 rings (SSSR count). The molecule has 1 N–H and O–H groups in total. The van der Waals surface area contributed by atoms with Gasteiger partial charge in [0.05, 0.1) is 5.56 Å². The van der Waals surface area contributed by atoms with E-state index in [0.29, 0.717) is 17.1 Å². The molecular weight excluding hydrogens is 372 g/mol. The fourth-order valence-electron chi connectivity index (χ4n) is 3.20. The number of nitrogens with one attached hydrogen (secondary N) is 1. The van der Waals surface area contributed by atoms with Gasteiger partial charge in [0, 0.05) is 23.9 Å². The van der Waals surface area contributed by atoms with Gasteiger partial charge in [0.2, 0.25) is 0 Å². The minimum absolute atomic E-state index is 0.351. The lowest BCUT2D eigenvalue weighted by atomic mass is 9.98. The van der Waals surface area contributed by atoms with Gasteiger partial charge in [-0.05, 0) is 29.2 Å². The molecule has 28 heavy (non-hydrogen) atoms. The average Bonchev–Trinajstić information content (AvgIpc) is 3.15. The van der Waals surface area contributed by atoms with E-state index in [0.717, 1.165) is 23.3 Å². The molecule has 1 atom stereocenters. The Bertz CT molecular complexity index is 1010. The molecular formula is C22H20N2O3S. The number of ether oxygens (including phenoxy) is 1. The van der Waals surface area contributed by atoms with Crippen molar-refractivity contribution < 1.29 is 14.3 Å². The number of thiazole rings is 1. The molecule has 0 saturated heterocycles. The van der Waals surface area contributed by atoms with Crippen LogP contribution < -0.4 is 5.32 Å². The first-order chi connectivity index (χ1) is 13.6. The first kappa shape index (κ1) is 18.4. The number of benzene rings is 2. The molecule has 0 fully saturated rings. The van der Waals surface area contributed by atoms with Gasteiger partial charge in [0.1, 0.15) is 0 Å². The molecule has 6 heteroatoms. The minimum atomic E-state index is -0.837. The third kappa shape index (κ3) is 3.97. The number of cyclic esters (lactones) is 1. The number of carbonyl (C=O) groups excluding carboxylic acids is 2. The van der Waals surface area contributed by atoms with Crippen LogP contribution in [0.4, 0.5) is 5.13 Å². The van der Waals surface area contributed by atoms with Gasteiger partial charge in [-0.1, -0.05) is 49.4 Å². The zero-order valence-corrected chi connectivity index (χ0v) is 16.3. The molecule has 0 bridgehead atoms. The van der Waals surface area contributed by atoms with Crippen molar-refractivity contribution in [2.75, 3.05) is 5.32 Å². The summed E-state index contributed by atoms with van der Waals surface area (Å²) in [6.07, 6.45) is 3.10. The van der Waals surface area contributed by atoms with E-state index in [4.69, 9.17) is 4.74 Å². The van der Waals surface area contributed by atoms with Crippen LogP contribution in [0.2, 0.25) is 0 Å². The Kier molecular flexibility index (Phi) is 5.21. The molecule has 0 saturated carbocycles. The molecule has 1 amide bonds. The van der Waals surface area contributed by atoms with Crippen LogP contribution in [0.3, 0.4) is 0 Å². The van der Waals surface area contributed by atoms with Crippen molar-refractivity contribution in [1.82, 2.24) is 4.98 Å². The predicted octanol–water partition coefficient (Wildman–Crippen LogP) is 4.02. The SMILES string of the molecule is CCc1ccc(Cc2cnc(NC(=O)C3Cc4ccccc4C(=O)O3)s2)cc1. The van der Waals surface area contributed by atoms with Gasteiger partial charge in [-0.3, -0.25) is 10.1 Å². The van der Waals surface area contributed by atoms with Crippen LogP contribution in [0, 0.1) is 0 Å². The zero-order chi connectivity index (χ0) is 19.5. The summed E-state index contributed by atoms with van der Waals surface area (Å²) in [5, 5.41) is 3.29. The third-order valence-corrected chi connectivity index (χ3v) is 5.69. The highest BCUT2D eigenvalue weighted by Crippen LogP contribution is 2.24. The number of anilines is 1. The third-order valence-electron chi connectivity index (χ3n) is 4.78. The molecule has 2 heterocycles. The Morgan fingerprint density at radius 1 is 1.18 bits per heavy atom. The Balaban J connectivity index is 1.39. The van der Waals surface area contributed by atoms with Gasteiger partial charge in [0.15, 0.2) is 11.2 Å². The minimum Gasteiger partial charge on any atom is -0.448 e. The van der Waals surface area contributed by atoms with Gasteiger partial charge in [0.25, 0.3) is 5.91 Å². The largest absolute Gasteiger partial charge is 0.448 e. The molecule has 0 radical (unpaired) electrons. The first-order valence-corrected chi connectivity index (χ1v) is 10.1. The molecule has 1 aliphatic heterocycles. The summed E-state index contributed by atoms with van der Waals surface area (Å²) in [5.41, 5.74) is 3.87. The summed E-state index contributed by atoms with van der Waals surface area (Å²) < 4.78 is 5.30. The number of amides is 1. The molecule has 1 unspecified atom stereocenters. The maximum Gasteiger partial charge on any atom is 0.339 e. The fourth-order valence-corrected chi connectivity index (χ4v) is 4.05. The lowest BCUT2D eigenvalue weighted by molar-refractivity contribution is -0.125. The van der Waals surface area contributed by atoms with Crippen molar-refractivity contribution in [2.45, 2.75) is 32.3 Å². The molecule has 142 valence electrons. The molecule has 0 aliphatic carbocycles. The molecule has 3 aromatic rings. The van der Waals surface area contributed by atoms with E-state index in [2.05, 4.69) is 41.5 Å².